The van der Waals surface area contributed by atoms with Gasteiger partial charge in [-0.3, -0.25) is 4.79 Å². The van der Waals surface area contributed by atoms with Crippen LogP contribution >= 0.6 is 23.2 Å². The van der Waals surface area contributed by atoms with Crippen molar-refractivity contribution in [1.82, 2.24) is 0 Å². The zero-order chi connectivity index (χ0) is 10.6. The third kappa shape index (κ3) is 2.89. The maximum atomic E-state index is 11.0. The number of benzene rings is 1. The lowest BCUT2D eigenvalue weighted by Gasteiger charge is -2.04. The standard InChI is InChI=1S/C10H10Cl2O2/c1-14-10(13)5-8-3-2-7(6-11)4-9(8)12/h2-4H,5-6H2,1H3. The minimum atomic E-state index is -0.300. The first-order valence-corrected chi connectivity index (χ1v) is 4.98. The van der Waals surface area contributed by atoms with Crippen LogP contribution in [0.25, 0.3) is 0 Å². The molecule has 0 unspecified atom stereocenters. The molecule has 0 saturated carbocycles. The van der Waals surface area contributed by atoms with Crippen molar-refractivity contribution in [3.8, 4) is 0 Å². The Morgan fingerprint density at radius 3 is 2.71 bits per heavy atom. The highest BCUT2D eigenvalue weighted by molar-refractivity contribution is 6.31. The molecule has 76 valence electrons. The lowest BCUT2D eigenvalue weighted by molar-refractivity contribution is -0.139. The van der Waals surface area contributed by atoms with Crippen LogP contribution in [-0.4, -0.2) is 13.1 Å². The van der Waals surface area contributed by atoms with E-state index < -0.39 is 0 Å². The molecule has 0 saturated heterocycles. The van der Waals surface area contributed by atoms with Crippen molar-refractivity contribution in [2.75, 3.05) is 7.11 Å². The van der Waals surface area contributed by atoms with Gasteiger partial charge in [-0.15, -0.1) is 11.6 Å². The Morgan fingerprint density at radius 2 is 2.21 bits per heavy atom. The van der Waals surface area contributed by atoms with Crippen LogP contribution in [-0.2, 0) is 21.8 Å². The van der Waals surface area contributed by atoms with Crippen molar-refractivity contribution in [2.24, 2.45) is 0 Å². The normalized spacial score (nSPS) is 9.93. The Hall–Kier alpha value is -0.730. The predicted molar refractivity (Wildman–Crippen MR) is 56.7 cm³/mol. The van der Waals surface area contributed by atoms with E-state index in [2.05, 4.69) is 4.74 Å². The minimum Gasteiger partial charge on any atom is -0.469 e. The molecule has 0 aliphatic carbocycles. The highest BCUT2D eigenvalue weighted by Crippen LogP contribution is 2.19. The third-order valence-corrected chi connectivity index (χ3v) is 2.49. The van der Waals surface area contributed by atoms with Crippen molar-refractivity contribution in [2.45, 2.75) is 12.3 Å². The zero-order valence-corrected chi connectivity index (χ0v) is 9.23. The number of hydrogen-bond donors (Lipinski definition) is 0. The summed E-state index contributed by atoms with van der Waals surface area (Å²) in [5.41, 5.74) is 1.69. The van der Waals surface area contributed by atoms with Crippen LogP contribution in [0.4, 0.5) is 0 Å². The van der Waals surface area contributed by atoms with E-state index >= 15 is 0 Å². The quantitative estimate of drug-likeness (QED) is 0.592. The van der Waals surface area contributed by atoms with Crippen LogP contribution in [0.5, 0.6) is 0 Å². The molecule has 2 nitrogen and oxygen atoms in total. The minimum absolute atomic E-state index is 0.192. The molecule has 0 bridgehead atoms. The fourth-order valence-electron chi connectivity index (χ4n) is 1.04. The topological polar surface area (TPSA) is 26.3 Å². The summed E-state index contributed by atoms with van der Waals surface area (Å²) >= 11 is 11.6. The first kappa shape index (κ1) is 11.3. The molecule has 1 aromatic rings. The third-order valence-electron chi connectivity index (χ3n) is 1.83. The van der Waals surface area contributed by atoms with Gasteiger partial charge >= 0.3 is 5.97 Å². The lowest BCUT2D eigenvalue weighted by atomic mass is 10.1. The number of alkyl halides is 1. The van der Waals surface area contributed by atoms with Crippen molar-refractivity contribution in [3.63, 3.8) is 0 Å². The van der Waals surface area contributed by atoms with E-state index in [0.717, 1.165) is 11.1 Å². The number of ether oxygens (including phenoxy) is 1. The average molecular weight is 233 g/mol. The summed E-state index contributed by atoms with van der Waals surface area (Å²) in [5, 5.41) is 0.550. The molecule has 0 atom stereocenters. The van der Waals surface area contributed by atoms with Gasteiger partial charge in [0.1, 0.15) is 0 Å². The molecule has 14 heavy (non-hydrogen) atoms. The predicted octanol–water partition coefficient (Wildman–Crippen LogP) is 2.79. The average Bonchev–Trinajstić information content (AvgIpc) is 2.20. The van der Waals surface area contributed by atoms with Crippen molar-refractivity contribution in [3.05, 3.63) is 34.3 Å². The number of carbonyl (C=O) groups excluding carboxylic acids is 1. The largest absolute Gasteiger partial charge is 0.469 e. The molecule has 0 aromatic heterocycles. The molecular formula is C10H10Cl2O2. The van der Waals surface area contributed by atoms with Gasteiger partial charge in [0.25, 0.3) is 0 Å². The highest BCUT2D eigenvalue weighted by atomic mass is 35.5. The Balaban J connectivity index is 2.83. The number of carbonyl (C=O) groups is 1. The first-order chi connectivity index (χ1) is 6.67. The smallest absolute Gasteiger partial charge is 0.310 e. The molecule has 4 heteroatoms. The zero-order valence-electron chi connectivity index (χ0n) is 7.72. The van der Waals surface area contributed by atoms with Gasteiger partial charge in [0.15, 0.2) is 0 Å². The summed E-state index contributed by atoms with van der Waals surface area (Å²) in [7, 11) is 1.35. The Bertz CT molecular complexity index is 337. The van der Waals surface area contributed by atoms with Gasteiger partial charge in [-0.2, -0.15) is 0 Å². The number of esters is 1. The maximum Gasteiger partial charge on any atom is 0.310 e. The van der Waals surface area contributed by atoms with Gasteiger partial charge in [0.05, 0.1) is 13.5 Å². The number of methoxy groups -OCH3 is 1. The van der Waals surface area contributed by atoms with Crippen molar-refractivity contribution < 1.29 is 9.53 Å². The SMILES string of the molecule is COC(=O)Cc1ccc(CCl)cc1Cl. The van der Waals surface area contributed by atoms with Crippen LogP contribution in [0.2, 0.25) is 5.02 Å². The second kappa shape index (κ2) is 5.23. The van der Waals surface area contributed by atoms with E-state index in [1.807, 2.05) is 6.07 Å². The Kier molecular flexibility index (Phi) is 4.23. The summed E-state index contributed by atoms with van der Waals surface area (Å²) in [6, 6.07) is 5.39. The van der Waals surface area contributed by atoms with Crippen molar-refractivity contribution in [1.29, 1.82) is 0 Å². The van der Waals surface area contributed by atoms with E-state index in [1.54, 1.807) is 12.1 Å². The van der Waals surface area contributed by atoms with Crippen LogP contribution in [0, 0.1) is 0 Å². The van der Waals surface area contributed by atoms with E-state index in [-0.39, 0.29) is 12.4 Å². The van der Waals surface area contributed by atoms with E-state index in [0.29, 0.717) is 10.9 Å². The van der Waals surface area contributed by atoms with E-state index in [9.17, 15) is 4.79 Å². The monoisotopic (exact) mass is 232 g/mol. The van der Waals surface area contributed by atoms with E-state index in [4.69, 9.17) is 23.2 Å². The fraction of sp³-hybridized carbons (Fsp3) is 0.300. The highest BCUT2D eigenvalue weighted by Gasteiger charge is 2.07. The summed E-state index contributed by atoms with van der Waals surface area (Å²) in [5.74, 6) is 0.114. The second-order valence-corrected chi connectivity index (χ2v) is 3.49. The van der Waals surface area contributed by atoms with Crippen LogP contribution in [0.15, 0.2) is 18.2 Å². The molecule has 0 aliphatic heterocycles. The molecule has 1 aromatic carbocycles. The molecule has 0 aliphatic rings. The summed E-state index contributed by atoms with van der Waals surface area (Å²) in [4.78, 5) is 11.0. The maximum absolute atomic E-state index is 11.0. The summed E-state index contributed by atoms with van der Waals surface area (Å²) < 4.78 is 4.54. The first-order valence-electron chi connectivity index (χ1n) is 4.07. The van der Waals surface area contributed by atoms with Gasteiger partial charge < -0.3 is 4.74 Å². The van der Waals surface area contributed by atoms with Crippen molar-refractivity contribution >= 4 is 29.2 Å². The summed E-state index contributed by atoms with van der Waals surface area (Å²) in [6.45, 7) is 0. The molecule has 0 amide bonds. The lowest BCUT2D eigenvalue weighted by Crippen LogP contribution is -2.04. The van der Waals surface area contributed by atoms with Gasteiger partial charge in [-0.1, -0.05) is 23.7 Å². The fourth-order valence-corrected chi connectivity index (χ4v) is 1.48. The van der Waals surface area contributed by atoms with Crippen LogP contribution in [0.3, 0.4) is 0 Å². The van der Waals surface area contributed by atoms with E-state index in [1.165, 1.54) is 7.11 Å². The number of halogens is 2. The molecule has 0 spiro atoms. The van der Waals surface area contributed by atoms with Crippen LogP contribution in [0.1, 0.15) is 11.1 Å². The Labute approximate surface area is 92.8 Å². The molecule has 0 fully saturated rings. The van der Waals surface area contributed by atoms with Gasteiger partial charge in [0.2, 0.25) is 0 Å². The van der Waals surface area contributed by atoms with Gasteiger partial charge in [0, 0.05) is 10.9 Å². The van der Waals surface area contributed by atoms with Gasteiger partial charge in [-0.25, -0.2) is 0 Å². The molecular weight excluding hydrogens is 223 g/mol. The van der Waals surface area contributed by atoms with Crippen LogP contribution < -0.4 is 0 Å². The molecule has 0 radical (unpaired) electrons. The Morgan fingerprint density at radius 1 is 1.50 bits per heavy atom. The molecule has 1 rings (SSSR count). The second-order valence-electron chi connectivity index (χ2n) is 2.81. The molecule has 0 N–H and O–H groups in total. The molecule has 0 heterocycles. The summed E-state index contributed by atoms with van der Waals surface area (Å²) in [6.07, 6.45) is 0.192. The number of hydrogen-bond acceptors (Lipinski definition) is 2. The van der Waals surface area contributed by atoms with Gasteiger partial charge in [-0.05, 0) is 17.2 Å². The number of rotatable bonds is 3.